The molecule has 1 rings (SSSR count). The van der Waals surface area contributed by atoms with Crippen molar-refractivity contribution >= 4 is 46.2 Å². The van der Waals surface area contributed by atoms with E-state index in [0.717, 1.165) is 19.3 Å². The Kier molecular flexibility index (Phi) is 6.97. The molecule has 0 saturated carbocycles. The minimum atomic E-state index is -1.87. The highest BCUT2D eigenvalue weighted by atomic mass is 16.4. The van der Waals surface area contributed by atoms with Crippen LogP contribution in [0.15, 0.2) is 4.99 Å². The van der Waals surface area contributed by atoms with Gasteiger partial charge in [0.15, 0.2) is 17.1 Å². The molecule has 9 nitrogen and oxygen atoms in total. The van der Waals surface area contributed by atoms with E-state index in [-0.39, 0.29) is 18.7 Å². The molecule has 0 atom stereocenters. The number of hydrogen-bond acceptors (Lipinski definition) is 8. The van der Waals surface area contributed by atoms with Crippen molar-refractivity contribution in [2.75, 3.05) is 6.54 Å². The van der Waals surface area contributed by atoms with E-state index in [1.54, 1.807) is 0 Å². The highest BCUT2D eigenvalue weighted by Crippen LogP contribution is 2.09. The molecule has 0 unspecified atom stereocenters. The Morgan fingerprint density at radius 3 is 2.17 bits per heavy atom. The fourth-order valence-electron chi connectivity index (χ4n) is 2.08. The van der Waals surface area contributed by atoms with Crippen LogP contribution in [-0.4, -0.2) is 57.8 Å². The SMILES string of the molecule is N=C1CCCCCCCN=C(C(=O)C(=N)C(=O)C(=N)C(=O)O)C1=O. The number of rotatable bonds is 5. The lowest BCUT2D eigenvalue weighted by molar-refractivity contribution is -0.130. The first-order chi connectivity index (χ1) is 11.3. The van der Waals surface area contributed by atoms with E-state index in [1.165, 1.54) is 0 Å². The maximum absolute atomic E-state index is 12.2. The van der Waals surface area contributed by atoms with Gasteiger partial charge in [-0.1, -0.05) is 19.3 Å². The quantitative estimate of drug-likeness (QED) is 0.425. The number of carboxylic acids is 1. The molecule has 0 aromatic carbocycles. The minimum absolute atomic E-state index is 0.137. The minimum Gasteiger partial charge on any atom is -0.476 e. The lowest BCUT2D eigenvalue weighted by Gasteiger charge is -2.06. The summed E-state index contributed by atoms with van der Waals surface area (Å²) in [6.07, 6.45) is 4.01. The highest BCUT2D eigenvalue weighted by molar-refractivity contribution is 6.99. The molecule has 0 aromatic rings. The molecular formula is C15H18N4O5. The number of carbonyl (C=O) groups is 4. The van der Waals surface area contributed by atoms with Crippen molar-refractivity contribution in [2.24, 2.45) is 4.99 Å². The highest BCUT2D eigenvalue weighted by Gasteiger charge is 2.33. The van der Waals surface area contributed by atoms with Gasteiger partial charge in [-0.2, -0.15) is 0 Å². The van der Waals surface area contributed by atoms with Crippen molar-refractivity contribution in [1.82, 2.24) is 0 Å². The molecular weight excluding hydrogens is 316 g/mol. The van der Waals surface area contributed by atoms with E-state index in [2.05, 4.69) is 4.99 Å². The van der Waals surface area contributed by atoms with Gasteiger partial charge in [0.1, 0.15) is 0 Å². The topological polar surface area (TPSA) is 172 Å². The van der Waals surface area contributed by atoms with Gasteiger partial charge in [0.2, 0.25) is 17.3 Å². The van der Waals surface area contributed by atoms with Crippen molar-refractivity contribution in [2.45, 2.75) is 38.5 Å². The van der Waals surface area contributed by atoms with Crippen molar-refractivity contribution in [1.29, 1.82) is 16.2 Å². The summed E-state index contributed by atoms with van der Waals surface area (Å²) in [5, 5.41) is 30.8. The molecule has 0 radical (unpaired) electrons. The van der Waals surface area contributed by atoms with Crippen LogP contribution < -0.4 is 0 Å². The molecule has 0 fully saturated rings. The summed E-state index contributed by atoms with van der Waals surface area (Å²) in [4.78, 5) is 50.4. The molecule has 1 aliphatic heterocycles. The van der Waals surface area contributed by atoms with Crippen LogP contribution in [0.2, 0.25) is 0 Å². The number of carbonyl (C=O) groups excluding carboxylic acids is 3. The van der Waals surface area contributed by atoms with Gasteiger partial charge in [-0.25, -0.2) is 4.79 Å². The molecule has 1 heterocycles. The lowest BCUT2D eigenvalue weighted by atomic mass is 9.97. The summed E-state index contributed by atoms with van der Waals surface area (Å²) >= 11 is 0. The number of nitrogens with one attached hydrogen (secondary N) is 3. The first kappa shape index (κ1) is 19.2. The zero-order valence-corrected chi connectivity index (χ0v) is 13.0. The first-order valence-electron chi connectivity index (χ1n) is 7.43. The fourth-order valence-corrected chi connectivity index (χ4v) is 2.08. The summed E-state index contributed by atoms with van der Waals surface area (Å²) in [5.41, 5.74) is -3.79. The van der Waals surface area contributed by atoms with Crippen LogP contribution >= 0.6 is 0 Å². The maximum Gasteiger partial charge on any atom is 0.357 e. The Hall–Kier alpha value is -2.84. The van der Waals surface area contributed by atoms with Crippen molar-refractivity contribution < 1.29 is 24.3 Å². The number of carboxylic acid groups (broad SMARTS) is 1. The van der Waals surface area contributed by atoms with Crippen LogP contribution in [-0.2, 0) is 19.2 Å². The number of nitrogens with zero attached hydrogens (tertiary/aromatic N) is 1. The Balaban J connectivity index is 3.07. The summed E-state index contributed by atoms with van der Waals surface area (Å²) in [6.45, 7) is 0.137. The second kappa shape index (κ2) is 8.70. The third kappa shape index (κ3) is 4.83. The Labute approximate surface area is 137 Å². The maximum atomic E-state index is 12.2. The van der Waals surface area contributed by atoms with Gasteiger partial charge < -0.3 is 10.5 Å². The smallest absolute Gasteiger partial charge is 0.357 e. The zero-order chi connectivity index (χ0) is 18.3. The van der Waals surface area contributed by atoms with Gasteiger partial charge in [0, 0.05) is 6.54 Å². The van der Waals surface area contributed by atoms with E-state index in [0.29, 0.717) is 12.8 Å². The second-order valence-corrected chi connectivity index (χ2v) is 5.27. The number of Topliss-reactive ketones (excluding diaryl/α,β-unsaturated/α-hetero) is 3. The second-order valence-electron chi connectivity index (χ2n) is 5.27. The summed E-state index contributed by atoms with van der Waals surface area (Å²) in [6, 6.07) is 0. The molecule has 0 amide bonds. The van der Waals surface area contributed by atoms with Crippen LogP contribution in [0.1, 0.15) is 38.5 Å². The first-order valence-corrected chi connectivity index (χ1v) is 7.43. The standard InChI is InChI=1S/C15H18N4O5/c16-8-6-4-2-1-3-5-7-19-11(12(8)20)14(22)9(17)13(21)10(18)15(23)24/h16-18H,1-7H2,(H,23,24). The Morgan fingerprint density at radius 1 is 0.958 bits per heavy atom. The molecule has 4 N–H and O–H groups in total. The molecule has 0 saturated heterocycles. The third-order valence-electron chi connectivity index (χ3n) is 3.45. The molecule has 0 spiro atoms. The van der Waals surface area contributed by atoms with Gasteiger partial charge in [-0.15, -0.1) is 0 Å². The van der Waals surface area contributed by atoms with Gasteiger partial charge in [0.05, 0.1) is 5.71 Å². The molecule has 0 aromatic heterocycles. The number of ketones is 3. The van der Waals surface area contributed by atoms with Gasteiger partial charge in [0.25, 0.3) is 0 Å². The molecule has 1 aliphatic rings. The molecule has 0 bridgehead atoms. The van der Waals surface area contributed by atoms with Crippen LogP contribution in [0.3, 0.4) is 0 Å². The predicted molar refractivity (Wildman–Crippen MR) is 85.8 cm³/mol. The predicted octanol–water partition coefficient (Wildman–Crippen LogP) is 0.633. The van der Waals surface area contributed by atoms with Gasteiger partial charge in [-0.05, 0) is 19.3 Å². The zero-order valence-electron chi connectivity index (χ0n) is 13.0. The normalized spacial score (nSPS) is 16.6. The number of hydrogen-bond donors (Lipinski definition) is 4. The Morgan fingerprint density at radius 2 is 1.54 bits per heavy atom. The van der Waals surface area contributed by atoms with Crippen LogP contribution in [0, 0.1) is 16.2 Å². The van der Waals surface area contributed by atoms with Crippen molar-refractivity contribution in [3.63, 3.8) is 0 Å². The van der Waals surface area contributed by atoms with Gasteiger partial charge >= 0.3 is 5.97 Å². The van der Waals surface area contributed by atoms with Crippen LogP contribution in [0.25, 0.3) is 0 Å². The largest absolute Gasteiger partial charge is 0.476 e. The average molecular weight is 334 g/mol. The number of aliphatic carboxylic acids is 1. The molecule has 128 valence electrons. The fraction of sp³-hybridized carbons (Fsp3) is 0.467. The van der Waals surface area contributed by atoms with E-state index >= 15 is 0 Å². The third-order valence-corrected chi connectivity index (χ3v) is 3.45. The Bertz CT molecular complexity index is 663. The van der Waals surface area contributed by atoms with E-state index in [9.17, 15) is 19.2 Å². The van der Waals surface area contributed by atoms with E-state index < -0.39 is 40.5 Å². The summed E-state index contributed by atoms with van der Waals surface area (Å²) in [7, 11) is 0. The van der Waals surface area contributed by atoms with Crippen molar-refractivity contribution in [3.8, 4) is 0 Å². The van der Waals surface area contributed by atoms with E-state index in [1.807, 2.05) is 0 Å². The van der Waals surface area contributed by atoms with Gasteiger partial charge in [-0.3, -0.25) is 30.2 Å². The number of aliphatic imine (C=N–C) groups is 1. The van der Waals surface area contributed by atoms with Crippen LogP contribution in [0.5, 0.6) is 0 Å². The van der Waals surface area contributed by atoms with Crippen molar-refractivity contribution in [3.05, 3.63) is 0 Å². The molecule has 9 heteroatoms. The summed E-state index contributed by atoms with van der Waals surface area (Å²) < 4.78 is 0. The lowest BCUT2D eigenvalue weighted by Crippen LogP contribution is -2.41. The molecule has 0 aliphatic carbocycles. The average Bonchev–Trinajstić information content (AvgIpc) is 2.59. The van der Waals surface area contributed by atoms with E-state index in [4.69, 9.17) is 21.3 Å². The molecule has 24 heavy (non-hydrogen) atoms. The van der Waals surface area contributed by atoms with Crippen LogP contribution in [0.4, 0.5) is 0 Å². The monoisotopic (exact) mass is 334 g/mol. The summed E-state index contributed by atoms with van der Waals surface area (Å²) in [5.74, 6) is -5.77.